The maximum Gasteiger partial charge on any atom is 0.192 e. The van der Waals surface area contributed by atoms with E-state index in [-0.39, 0.29) is 5.04 Å². The van der Waals surface area contributed by atoms with Crippen LogP contribution in [0.3, 0.4) is 0 Å². The lowest BCUT2D eigenvalue weighted by Crippen LogP contribution is -2.44. The fourth-order valence-corrected chi connectivity index (χ4v) is 4.86. The van der Waals surface area contributed by atoms with E-state index in [4.69, 9.17) is 4.43 Å². The fraction of sp³-hybridized carbons (Fsp3) is 0.714. The lowest BCUT2D eigenvalue weighted by atomic mass is 10.0. The molecule has 25 heavy (non-hydrogen) atoms. The third-order valence-corrected chi connectivity index (χ3v) is 10.5. The standard InChI is InChI=1S/C21H38N2OSi/c1-16-11-17(2)13-18(12-16)20(22-6)15-23-10-9-19(14-23)24-25(7,8)21(3,4)5/h11-13,19-20,22H,9-10,14-15H2,1-8H3/t19-,20+/m0/s1. The van der Waals surface area contributed by atoms with Gasteiger partial charge in [-0.05, 0) is 51.0 Å². The molecule has 0 bridgehead atoms. The molecule has 1 saturated heterocycles. The summed E-state index contributed by atoms with van der Waals surface area (Å²) in [5.74, 6) is 0. The van der Waals surface area contributed by atoms with Crippen LogP contribution in [0.5, 0.6) is 0 Å². The molecule has 3 nitrogen and oxygen atoms in total. The van der Waals surface area contributed by atoms with Crippen molar-refractivity contribution in [3.63, 3.8) is 0 Å². The molecule has 0 radical (unpaired) electrons. The summed E-state index contributed by atoms with van der Waals surface area (Å²) in [6, 6.07) is 7.25. The van der Waals surface area contributed by atoms with Crippen LogP contribution in [0.15, 0.2) is 18.2 Å². The van der Waals surface area contributed by atoms with Crippen molar-refractivity contribution in [2.24, 2.45) is 0 Å². The second kappa shape index (κ2) is 7.91. The van der Waals surface area contributed by atoms with E-state index in [9.17, 15) is 0 Å². The van der Waals surface area contributed by atoms with Crippen LogP contribution < -0.4 is 5.32 Å². The first kappa shape index (κ1) is 20.6. The first-order valence-electron chi connectivity index (χ1n) is 9.67. The highest BCUT2D eigenvalue weighted by molar-refractivity contribution is 6.74. The van der Waals surface area contributed by atoms with E-state index in [2.05, 4.69) is 83.2 Å². The van der Waals surface area contributed by atoms with Crippen LogP contribution in [-0.4, -0.2) is 46.0 Å². The molecule has 2 atom stereocenters. The van der Waals surface area contributed by atoms with Crippen molar-refractivity contribution in [3.05, 3.63) is 34.9 Å². The van der Waals surface area contributed by atoms with Crippen LogP contribution in [0, 0.1) is 13.8 Å². The minimum atomic E-state index is -1.67. The Morgan fingerprint density at radius 3 is 2.32 bits per heavy atom. The van der Waals surface area contributed by atoms with Crippen LogP contribution in [0.1, 0.15) is 49.9 Å². The van der Waals surface area contributed by atoms with Crippen LogP contribution >= 0.6 is 0 Å². The summed E-state index contributed by atoms with van der Waals surface area (Å²) in [4.78, 5) is 2.57. The van der Waals surface area contributed by atoms with E-state index < -0.39 is 8.32 Å². The minimum Gasteiger partial charge on any atom is -0.413 e. The summed E-state index contributed by atoms with van der Waals surface area (Å²) in [6.07, 6.45) is 1.56. The van der Waals surface area contributed by atoms with E-state index in [1.807, 2.05) is 0 Å². The van der Waals surface area contributed by atoms with Gasteiger partial charge >= 0.3 is 0 Å². The molecule has 1 N–H and O–H groups in total. The number of likely N-dealkylation sites (tertiary alicyclic amines) is 1. The highest BCUT2D eigenvalue weighted by atomic mass is 28.4. The molecule has 0 amide bonds. The number of benzene rings is 1. The highest BCUT2D eigenvalue weighted by Gasteiger charge is 2.40. The van der Waals surface area contributed by atoms with Crippen LogP contribution in [-0.2, 0) is 4.43 Å². The predicted octanol–water partition coefficient (Wildman–Crippen LogP) is 4.66. The van der Waals surface area contributed by atoms with Gasteiger partial charge in [0, 0.05) is 25.7 Å². The number of likely N-dealkylation sites (N-methyl/N-ethyl adjacent to an activating group) is 1. The van der Waals surface area contributed by atoms with Crippen molar-refractivity contribution < 1.29 is 4.43 Å². The lowest BCUT2D eigenvalue weighted by Gasteiger charge is -2.38. The van der Waals surface area contributed by atoms with E-state index in [1.165, 1.54) is 16.7 Å². The third kappa shape index (κ3) is 5.39. The zero-order chi connectivity index (χ0) is 18.8. The molecule has 0 spiro atoms. The quantitative estimate of drug-likeness (QED) is 0.745. The van der Waals surface area contributed by atoms with Crippen molar-refractivity contribution in [3.8, 4) is 0 Å². The molecule has 1 aliphatic rings. The minimum absolute atomic E-state index is 0.285. The Morgan fingerprint density at radius 1 is 1.20 bits per heavy atom. The molecule has 1 aromatic carbocycles. The van der Waals surface area contributed by atoms with Gasteiger partial charge in [0.25, 0.3) is 0 Å². The molecule has 0 unspecified atom stereocenters. The third-order valence-electron chi connectivity index (χ3n) is 5.93. The van der Waals surface area contributed by atoms with Crippen LogP contribution in [0.25, 0.3) is 0 Å². The Labute approximate surface area is 156 Å². The predicted molar refractivity (Wildman–Crippen MR) is 111 cm³/mol. The molecule has 142 valence electrons. The molecule has 1 aliphatic heterocycles. The molecule has 4 heteroatoms. The van der Waals surface area contributed by atoms with Crippen LogP contribution in [0.4, 0.5) is 0 Å². The molecule has 2 rings (SSSR count). The Bertz CT molecular complexity index is 559. The average Bonchev–Trinajstić information content (AvgIpc) is 2.89. The largest absolute Gasteiger partial charge is 0.413 e. The zero-order valence-corrected chi connectivity index (χ0v) is 18.6. The maximum atomic E-state index is 6.63. The summed E-state index contributed by atoms with van der Waals surface area (Å²) in [6.45, 7) is 19.3. The maximum absolute atomic E-state index is 6.63. The van der Waals surface area contributed by atoms with Crippen molar-refractivity contribution in [1.82, 2.24) is 10.2 Å². The number of rotatable bonds is 6. The van der Waals surface area contributed by atoms with Gasteiger partial charge < -0.3 is 9.74 Å². The topological polar surface area (TPSA) is 24.5 Å². The number of hydrogen-bond donors (Lipinski definition) is 1. The molecule has 0 saturated carbocycles. The summed E-state index contributed by atoms with van der Waals surface area (Å²) < 4.78 is 6.63. The Morgan fingerprint density at radius 2 is 1.80 bits per heavy atom. The monoisotopic (exact) mass is 362 g/mol. The van der Waals surface area contributed by atoms with E-state index in [1.54, 1.807) is 0 Å². The van der Waals surface area contributed by atoms with Gasteiger partial charge in [-0.15, -0.1) is 0 Å². The Hall–Kier alpha value is -0.683. The van der Waals surface area contributed by atoms with Crippen molar-refractivity contribution in [2.45, 2.75) is 71.3 Å². The number of hydrogen-bond acceptors (Lipinski definition) is 3. The van der Waals surface area contributed by atoms with Gasteiger partial charge in [-0.1, -0.05) is 50.1 Å². The fourth-order valence-electron chi connectivity index (χ4n) is 3.49. The number of aryl methyl sites for hydroxylation is 2. The normalized spacial score (nSPS) is 20.9. The SMILES string of the molecule is CN[C@H](CN1CC[C@H](O[Si](C)(C)C(C)(C)C)C1)c1cc(C)cc(C)c1. The highest BCUT2D eigenvalue weighted by Crippen LogP contribution is 2.38. The second-order valence-corrected chi connectivity index (χ2v) is 14.1. The summed E-state index contributed by atoms with van der Waals surface area (Å²) in [5.41, 5.74) is 4.08. The van der Waals surface area contributed by atoms with Gasteiger partial charge in [-0.25, -0.2) is 0 Å². The Balaban J connectivity index is 1.97. The molecule has 1 heterocycles. The molecule has 0 aromatic heterocycles. The van der Waals surface area contributed by atoms with Crippen molar-refractivity contribution in [1.29, 1.82) is 0 Å². The van der Waals surface area contributed by atoms with Gasteiger partial charge in [-0.3, -0.25) is 4.90 Å². The number of nitrogens with one attached hydrogen (secondary N) is 1. The first-order chi connectivity index (χ1) is 11.5. The van der Waals surface area contributed by atoms with Crippen molar-refractivity contribution in [2.75, 3.05) is 26.7 Å². The lowest BCUT2D eigenvalue weighted by molar-refractivity contribution is 0.177. The summed E-state index contributed by atoms with van der Waals surface area (Å²) in [5, 5.41) is 3.80. The van der Waals surface area contributed by atoms with Crippen molar-refractivity contribution >= 4 is 8.32 Å². The zero-order valence-electron chi connectivity index (χ0n) is 17.6. The Kier molecular flexibility index (Phi) is 6.53. The molecular formula is C21H38N2OSi. The van der Waals surface area contributed by atoms with E-state index >= 15 is 0 Å². The summed E-state index contributed by atoms with van der Waals surface area (Å²) >= 11 is 0. The summed E-state index contributed by atoms with van der Waals surface area (Å²) in [7, 11) is 0.403. The molecular weight excluding hydrogens is 324 g/mol. The van der Waals surface area contributed by atoms with Gasteiger partial charge in [-0.2, -0.15) is 0 Å². The first-order valence-corrected chi connectivity index (χ1v) is 12.6. The average molecular weight is 363 g/mol. The van der Waals surface area contributed by atoms with Gasteiger partial charge in [0.2, 0.25) is 0 Å². The second-order valence-electron chi connectivity index (χ2n) is 9.31. The smallest absolute Gasteiger partial charge is 0.192 e. The van der Waals surface area contributed by atoms with Gasteiger partial charge in [0.05, 0.1) is 6.10 Å². The molecule has 1 aromatic rings. The van der Waals surface area contributed by atoms with Gasteiger partial charge in [0.15, 0.2) is 8.32 Å². The molecule has 1 fully saturated rings. The van der Waals surface area contributed by atoms with E-state index in [0.29, 0.717) is 12.1 Å². The van der Waals surface area contributed by atoms with E-state index in [0.717, 1.165) is 26.1 Å². The van der Waals surface area contributed by atoms with Gasteiger partial charge in [0.1, 0.15) is 0 Å². The molecule has 0 aliphatic carbocycles. The number of nitrogens with zero attached hydrogens (tertiary/aromatic N) is 1. The van der Waals surface area contributed by atoms with Crippen LogP contribution in [0.2, 0.25) is 18.1 Å².